The van der Waals surface area contributed by atoms with E-state index in [9.17, 15) is 0 Å². The lowest BCUT2D eigenvalue weighted by Crippen LogP contribution is -2.26. The van der Waals surface area contributed by atoms with Crippen LogP contribution in [0.5, 0.6) is 0 Å². The number of nitrogens with one attached hydrogen (secondary N) is 1. The number of nitrogens with two attached hydrogens (primary N) is 1. The molecule has 19 heavy (non-hydrogen) atoms. The standard InChI is InChI=1S/C15H28N4/c1-5-15(8-6-7-9-15)10-17-14-12(16)13(11(2)3)18-19(14)4/h11,17H,5-10,16H2,1-4H3. The van der Waals surface area contributed by atoms with E-state index in [4.69, 9.17) is 5.73 Å². The molecule has 1 aromatic rings. The molecule has 0 atom stereocenters. The van der Waals surface area contributed by atoms with Crippen molar-refractivity contribution >= 4 is 11.5 Å². The minimum absolute atomic E-state index is 0.369. The van der Waals surface area contributed by atoms with Crippen LogP contribution >= 0.6 is 0 Å². The van der Waals surface area contributed by atoms with E-state index in [0.717, 1.165) is 23.7 Å². The highest BCUT2D eigenvalue weighted by Crippen LogP contribution is 2.41. The highest BCUT2D eigenvalue weighted by molar-refractivity contribution is 5.65. The van der Waals surface area contributed by atoms with Crippen molar-refractivity contribution in [2.24, 2.45) is 12.5 Å². The Morgan fingerprint density at radius 1 is 1.37 bits per heavy atom. The fourth-order valence-corrected chi connectivity index (χ4v) is 3.25. The number of aromatic nitrogens is 2. The van der Waals surface area contributed by atoms with Gasteiger partial charge >= 0.3 is 0 Å². The van der Waals surface area contributed by atoms with Gasteiger partial charge in [-0.05, 0) is 30.6 Å². The summed E-state index contributed by atoms with van der Waals surface area (Å²) in [6.07, 6.45) is 6.66. The molecule has 4 nitrogen and oxygen atoms in total. The number of nitrogen functional groups attached to an aromatic ring is 1. The Balaban J connectivity index is 2.11. The Morgan fingerprint density at radius 2 is 2.00 bits per heavy atom. The first-order valence-electron chi connectivity index (χ1n) is 7.55. The van der Waals surface area contributed by atoms with Crippen molar-refractivity contribution in [3.8, 4) is 0 Å². The third-order valence-corrected chi connectivity index (χ3v) is 4.70. The Morgan fingerprint density at radius 3 is 2.47 bits per heavy atom. The van der Waals surface area contributed by atoms with E-state index in [0.29, 0.717) is 11.3 Å². The lowest BCUT2D eigenvalue weighted by molar-refractivity contribution is 0.306. The van der Waals surface area contributed by atoms with Gasteiger partial charge in [-0.3, -0.25) is 4.68 Å². The zero-order valence-corrected chi connectivity index (χ0v) is 12.8. The molecule has 3 N–H and O–H groups in total. The maximum atomic E-state index is 6.23. The summed E-state index contributed by atoms with van der Waals surface area (Å²) in [5, 5.41) is 8.10. The average Bonchev–Trinajstić information content (AvgIpc) is 2.94. The molecule has 0 aliphatic heterocycles. The molecule has 0 spiro atoms. The lowest BCUT2D eigenvalue weighted by atomic mass is 9.83. The molecule has 1 aliphatic carbocycles. The van der Waals surface area contributed by atoms with Crippen molar-refractivity contribution in [3.63, 3.8) is 0 Å². The number of hydrogen-bond donors (Lipinski definition) is 2. The molecule has 0 unspecified atom stereocenters. The van der Waals surface area contributed by atoms with E-state index < -0.39 is 0 Å². The number of aryl methyl sites for hydroxylation is 1. The van der Waals surface area contributed by atoms with Gasteiger partial charge in [0.15, 0.2) is 0 Å². The van der Waals surface area contributed by atoms with Gasteiger partial charge in [0.05, 0.1) is 11.4 Å². The predicted molar refractivity (Wildman–Crippen MR) is 81.4 cm³/mol. The van der Waals surface area contributed by atoms with Gasteiger partial charge in [-0.25, -0.2) is 0 Å². The predicted octanol–water partition coefficient (Wildman–Crippen LogP) is 3.51. The van der Waals surface area contributed by atoms with E-state index in [1.165, 1.54) is 32.1 Å². The molecule has 0 aromatic carbocycles. The second kappa shape index (κ2) is 5.43. The summed E-state index contributed by atoms with van der Waals surface area (Å²) in [4.78, 5) is 0. The molecular weight excluding hydrogens is 236 g/mol. The number of hydrogen-bond acceptors (Lipinski definition) is 3. The minimum Gasteiger partial charge on any atom is -0.394 e. The maximum Gasteiger partial charge on any atom is 0.147 e. The van der Waals surface area contributed by atoms with Crippen LogP contribution in [-0.4, -0.2) is 16.3 Å². The SMILES string of the molecule is CCC1(CNc2c(N)c(C(C)C)nn2C)CCCC1. The lowest BCUT2D eigenvalue weighted by Gasteiger charge is -2.28. The molecule has 1 heterocycles. The van der Waals surface area contributed by atoms with Crippen molar-refractivity contribution in [1.82, 2.24) is 9.78 Å². The maximum absolute atomic E-state index is 6.23. The van der Waals surface area contributed by atoms with Crippen molar-refractivity contribution in [1.29, 1.82) is 0 Å². The zero-order valence-electron chi connectivity index (χ0n) is 12.8. The van der Waals surface area contributed by atoms with Crippen molar-refractivity contribution in [2.45, 2.75) is 58.8 Å². The van der Waals surface area contributed by atoms with Crippen LogP contribution in [0.1, 0.15) is 64.5 Å². The summed E-state index contributed by atoms with van der Waals surface area (Å²) in [7, 11) is 1.97. The first-order valence-corrected chi connectivity index (χ1v) is 7.55. The molecule has 108 valence electrons. The van der Waals surface area contributed by atoms with Crippen molar-refractivity contribution < 1.29 is 0 Å². The van der Waals surface area contributed by atoms with Gasteiger partial charge in [0.25, 0.3) is 0 Å². The summed E-state index contributed by atoms with van der Waals surface area (Å²) in [6.45, 7) is 7.59. The average molecular weight is 264 g/mol. The van der Waals surface area contributed by atoms with E-state index in [2.05, 4.69) is 31.2 Å². The molecule has 1 aliphatic rings. The number of nitrogens with zero attached hydrogens (tertiary/aromatic N) is 2. The fourth-order valence-electron chi connectivity index (χ4n) is 3.25. The van der Waals surface area contributed by atoms with E-state index in [1.807, 2.05) is 11.7 Å². The Hall–Kier alpha value is -1.19. The zero-order chi connectivity index (χ0) is 14.0. The molecule has 2 rings (SSSR count). The molecule has 0 bridgehead atoms. The number of anilines is 2. The molecule has 1 aromatic heterocycles. The molecule has 0 amide bonds. The quantitative estimate of drug-likeness (QED) is 0.855. The van der Waals surface area contributed by atoms with Crippen LogP contribution in [-0.2, 0) is 7.05 Å². The second-order valence-corrected chi connectivity index (χ2v) is 6.34. The Bertz CT molecular complexity index is 428. The third-order valence-electron chi connectivity index (χ3n) is 4.70. The summed E-state index contributed by atoms with van der Waals surface area (Å²) < 4.78 is 1.89. The Kier molecular flexibility index (Phi) is 4.07. The molecular formula is C15H28N4. The van der Waals surface area contributed by atoms with Gasteiger partial charge in [-0.1, -0.05) is 33.6 Å². The fraction of sp³-hybridized carbons (Fsp3) is 0.800. The van der Waals surface area contributed by atoms with E-state index >= 15 is 0 Å². The van der Waals surface area contributed by atoms with Crippen LogP contribution in [0.4, 0.5) is 11.5 Å². The first-order chi connectivity index (χ1) is 8.99. The molecule has 1 saturated carbocycles. The third kappa shape index (κ3) is 2.72. The largest absolute Gasteiger partial charge is 0.394 e. The van der Waals surface area contributed by atoms with Crippen LogP contribution in [0.3, 0.4) is 0 Å². The minimum atomic E-state index is 0.369. The van der Waals surface area contributed by atoms with Crippen LogP contribution < -0.4 is 11.1 Å². The van der Waals surface area contributed by atoms with Crippen LogP contribution in [0.25, 0.3) is 0 Å². The van der Waals surface area contributed by atoms with Gasteiger partial charge in [-0.15, -0.1) is 0 Å². The monoisotopic (exact) mass is 264 g/mol. The summed E-state index contributed by atoms with van der Waals surface area (Å²) in [5.74, 6) is 1.36. The first kappa shape index (κ1) is 14.2. The molecule has 0 radical (unpaired) electrons. The van der Waals surface area contributed by atoms with Crippen molar-refractivity contribution in [2.75, 3.05) is 17.6 Å². The van der Waals surface area contributed by atoms with Gasteiger partial charge in [0, 0.05) is 13.6 Å². The smallest absolute Gasteiger partial charge is 0.147 e. The van der Waals surface area contributed by atoms with Crippen molar-refractivity contribution in [3.05, 3.63) is 5.69 Å². The molecule has 4 heteroatoms. The van der Waals surface area contributed by atoms with Crippen LogP contribution in [0, 0.1) is 5.41 Å². The normalized spacial score (nSPS) is 18.2. The summed E-state index contributed by atoms with van der Waals surface area (Å²) in [5.41, 5.74) is 8.52. The highest BCUT2D eigenvalue weighted by Gasteiger charge is 2.32. The van der Waals surface area contributed by atoms with Crippen LogP contribution in [0.15, 0.2) is 0 Å². The number of rotatable bonds is 5. The van der Waals surface area contributed by atoms with Gasteiger partial charge < -0.3 is 11.1 Å². The van der Waals surface area contributed by atoms with Gasteiger partial charge in [-0.2, -0.15) is 5.10 Å². The van der Waals surface area contributed by atoms with Gasteiger partial charge in [0.2, 0.25) is 0 Å². The highest BCUT2D eigenvalue weighted by atomic mass is 15.3. The van der Waals surface area contributed by atoms with Crippen LogP contribution in [0.2, 0.25) is 0 Å². The second-order valence-electron chi connectivity index (χ2n) is 6.34. The van der Waals surface area contributed by atoms with E-state index in [-0.39, 0.29) is 0 Å². The summed E-state index contributed by atoms with van der Waals surface area (Å²) in [6, 6.07) is 0. The Labute approximate surface area is 116 Å². The van der Waals surface area contributed by atoms with E-state index in [1.54, 1.807) is 0 Å². The summed E-state index contributed by atoms with van der Waals surface area (Å²) >= 11 is 0. The van der Waals surface area contributed by atoms with Gasteiger partial charge in [0.1, 0.15) is 5.82 Å². The molecule has 1 fully saturated rings. The molecule has 0 saturated heterocycles. The topological polar surface area (TPSA) is 55.9 Å².